The highest BCUT2D eigenvalue weighted by molar-refractivity contribution is 5.77. The second kappa shape index (κ2) is 6.84. The van der Waals surface area contributed by atoms with Crippen LogP contribution in [0.3, 0.4) is 0 Å². The van der Waals surface area contributed by atoms with Crippen molar-refractivity contribution in [3.8, 4) is 22.6 Å². The summed E-state index contributed by atoms with van der Waals surface area (Å²) in [5.74, 6) is 1.26. The first kappa shape index (κ1) is 16.7. The van der Waals surface area contributed by atoms with E-state index in [4.69, 9.17) is 10.7 Å². The molecule has 0 unspecified atom stereocenters. The first-order chi connectivity index (χ1) is 12.6. The van der Waals surface area contributed by atoms with E-state index in [1.807, 2.05) is 0 Å². The normalized spacial score (nSPS) is 16.1. The van der Waals surface area contributed by atoms with Crippen molar-refractivity contribution in [2.24, 2.45) is 0 Å². The minimum Gasteiger partial charge on any atom is -0.368 e. The Balaban J connectivity index is 1.78. The van der Waals surface area contributed by atoms with Crippen LogP contribution in [0.5, 0.6) is 0 Å². The number of nitrogen functional groups attached to an aromatic ring is 1. The second-order valence-corrected chi connectivity index (χ2v) is 6.73. The van der Waals surface area contributed by atoms with Gasteiger partial charge in [0, 0.05) is 17.7 Å². The number of aromatic amines is 1. The molecule has 1 saturated heterocycles. The van der Waals surface area contributed by atoms with Crippen molar-refractivity contribution >= 4 is 5.95 Å². The molecule has 0 saturated carbocycles. The van der Waals surface area contributed by atoms with Crippen molar-refractivity contribution in [3.05, 3.63) is 48.2 Å². The zero-order valence-electron chi connectivity index (χ0n) is 14.6. The lowest BCUT2D eigenvalue weighted by Crippen LogP contribution is -2.29. The molecular formula is C19H21FN6. The maximum atomic E-state index is 13.3. The Labute approximate surface area is 151 Å². The lowest BCUT2D eigenvalue weighted by Gasteiger charge is -2.27. The molecule has 1 fully saturated rings. The smallest absolute Gasteiger partial charge is 0.220 e. The molecule has 0 radical (unpaired) electrons. The van der Waals surface area contributed by atoms with E-state index in [0.717, 1.165) is 48.7 Å². The molecule has 3 aromatic rings. The number of nitrogens with zero attached hydrogens (tertiary/aromatic N) is 4. The Morgan fingerprint density at radius 3 is 2.54 bits per heavy atom. The lowest BCUT2D eigenvalue weighted by atomic mass is 9.96. The summed E-state index contributed by atoms with van der Waals surface area (Å²) in [6.45, 7) is 2.10. The van der Waals surface area contributed by atoms with Gasteiger partial charge in [-0.1, -0.05) is 0 Å². The fourth-order valence-corrected chi connectivity index (χ4v) is 3.38. The number of rotatable bonds is 3. The van der Waals surface area contributed by atoms with Crippen LogP contribution in [0.4, 0.5) is 10.3 Å². The highest BCUT2D eigenvalue weighted by atomic mass is 19.1. The van der Waals surface area contributed by atoms with Crippen LogP contribution in [-0.2, 0) is 0 Å². The molecule has 3 heterocycles. The molecular weight excluding hydrogens is 331 g/mol. The second-order valence-electron chi connectivity index (χ2n) is 6.73. The SMILES string of the molecule is CN1CCC(c2nc(-c3ccc(F)cc3)c(-c3ccnc(N)n3)[nH]2)CC1. The number of aromatic nitrogens is 4. The maximum Gasteiger partial charge on any atom is 0.220 e. The minimum absolute atomic E-state index is 0.211. The van der Waals surface area contributed by atoms with Crippen molar-refractivity contribution in [3.63, 3.8) is 0 Å². The average Bonchev–Trinajstić information content (AvgIpc) is 3.08. The van der Waals surface area contributed by atoms with E-state index >= 15 is 0 Å². The van der Waals surface area contributed by atoms with Gasteiger partial charge < -0.3 is 15.6 Å². The van der Waals surface area contributed by atoms with E-state index in [2.05, 4.69) is 26.9 Å². The summed E-state index contributed by atoms with van der Waals surface area (Å²) < 4.78 is 13.3. The highest BCUT2D eigenvalue weighted by Crippen LogP contribution is 2.34. The van der Waals surface area contributed by atoms with Crippen LogP contribution in [0.15, 0.2) is 36.5 Å². The number of likely N-dealkylation sites (tertiary alicyclic amines) is 1. The molecule has 134 valence electrons. The predicted molar refractivity (Wildman–Crippen MR) is 98.9 cm³/mol. The topological polar surface area (TPSA) is 83.7 Å². The summed E-state index contributed by atoms with van der Waals surface area (Å²) in [5.41, 5.74) is 8.84. The molecule has 0 aliphatic carbocycles. The predicted octanol–water partition coefficient (Wildman–Crippen LogP) is 3.06. The van der Waals surface area contributed by atoms with Crippen LogP contribution in [0.25, 0.3) is 22.6 Å². The largest absolute Gasteiger partial charge is 0.368 e. The molecule has 0 amide bonds. The minimum atomic E-state index is -0.271. The molecule has 2 aromatic heterocycles. The number of nitrogens with two attached hydrogens (primary N) is 1. The summed E-state index contributed by atoms with van der Waals surface area (Å²) in [6, 6.07) is 8.15. The highest BCUT2D eigenvalue weighted by Gasteiger charge is 2.24. The molecule has 26 heavy (non-hydrogen) atoms. The number of hydrogen-bond donors (Lipinski definition) is 2. The number of H-pyrrole nitrogens is 1. The number of piperidine rings is 1. The quantitative estimate of drug-likeness (QED) is 0.757. The number of hydrogen-bond acceptors (Lipinski definition) is 5. The van der Waals surface area contributed by atoms with Crippen LogP contribution in [-0.4, -0.2) is 45.0 Å². The van der Waals surface area contributed by atoms with Gasteiger partial charge in [-0.25, -0.2) is 19.3 Å². The maximum absolute atomic E-state index is 13.3. The first-order valence-corrected chi connectivity index (χ1v) is 8.73. The third-order valence-corrected chi connectivity index (χ3v) is 4.88. The van der Waals surface area contributed by atoms with Crippen LogP contribution in [0, 0.1) is 5.82 Å². The molecule has 7 heteroatoms. The first-order valence-electron chi connectivity index (χ1n) is 8.73. The Kier molecular flexibility index (Phi) is 4.38. The van der Waals surface area contributed by atoms with Gasteiger partial charge >= 0.3 is 0 Å². The fourth-order valence-electron chi connectivity index (χ4n) is 3.38. The lowest BCUT2D eigenvalue weighted by molar-refractivity contribution is 0.251. The fraction of sp³-hybridized carbons (Fsp3) is 0.316. The summed E-state index contributed by atoms with van der Waals surface area (Å²) >= 11 is 0. The van der Waals surface area contributed by atoms with Crippen LogP contribution < -0.4 is 5.73 Å². The van der Waals surface area contributed by atoms with Crippen molar-refractivity contribution in [2.75, 3.05) is 25.9 Å². The van der Waals surface area contributed by atoms with Gasteiger partial charge in [0.05, 0.1) is 17.1 Å². The molecule has 0 bridgehead atoms. The third kappa shape index (κ3) is 3.30. The van der Waals surface area contributed by atoms with E-state index in [9.17, 15) is 4.39 Å². The van der Waals surface area contributed by atoms with Crippen molar-refractivity contribution in [2.45, 2.75) is 18.8 Å². The van der Waals surface area contributed by atoms with Crippen LogP contribution >= 0.6 is 0 Å². The van der Waals surface area contributed by atoms with E-state index in [1.54, 1.807) is 24.4 Å². The summed E-state index contributed by atoms with van der Waals surface area (Å²) in [6.07, 6.45) is 3.73. The van der Waals surface area contributed by atoms with Crippen molar-refractivity contribution < 1.29 is 4.39 Å². The molecule has 4 rings (SSSR count). The monoisotopic (exact) mass is 352 g/mol. The number of anilines is 1. The van der Waals surface area contributed by atoms with Gasteiger partial charge in [0.1, 0.15) is 11.6 Å². The van der Waals surface area contributed by atoms with Crippen LogP contribution in [0.1, 0.15) is 24.6 Å². The molecule has 6 nitrogen and oxygen atoms in total. The van der Waals surface area contributed by atoms with Gasteiger partial charge in [0.15, 0.2) is 0 Å². The van der Waals surface area contributed by atoms with Gasteiger partial charge in [0.25, 0.3) is 0 Å². The van der Waals surface area contributed by atoms with Gasteiger partial charge in [-0.05, 0) is 63.3 Å². The summed E-state index contributed by atoms with van der Waals surface area (Å²) in [4.78, 5) is 18.9. The Hall–Kier alpha value is -2.80. The molecule has 0 spiro atoms. The zero-order chi connectivity index (χ0) is 18.1. The average molecular weight is 352 g/mol. The Bertz CT molecular complexity index is 897. The number of nitrogens with one attached hydrogen (secondary N) is 1. The molecule has 1 aromatic carbocycles. The molecule has 3 N–H and O–H groups in total. The number of halogens is 1. The summed E-state index contributed by atoms with van der Waals surface area (Å²) in [5, 5.41) is 0. The number of imidazole rings is 1. The van der Waals surface area contributed by atoms with Gasteiger partial charge in [-0.15, -0.1) is 0 Å². The number of benzene rings is 1. The molecule has 1 aliphatic heterocycles. The van der Waals surface area contributed by atoms with Crippen molar-refractivity contribution in [1.82, 2.24) is 24.8 Å². The van der Waals surface area contributed by atoms with Gasteiger partial charge in [0.2, 0.25) is 5.95 Å². The van der Waals surface area contributed by atoms with E-state index in [0.29, 0.717) is 11.6 Å². The van der Waals surface area contributed by atoms with E-state index < -0.39 is 0 Å². The van der Waals surface area contributed by atoms with Gasteiger partial charge in [-0.2, -0.15) is 0 Å². The summed E-state index contributed by atoms with van der Waals surface area (Å²) in [7, 11) is 2.14. The van der Waals surface area contributed by atoms with Crippen molar-refractivity contribution in [1.29, 1.82) is 0 Å². The molecule has 0 atom stereocenters. The zero-order valence-corrected chi connectivity index (χ0v) is 14.6. The Morgan fingerprint density at radius 1 is 1.12 bits per heavy atom. The van der Waals surface area contributed by atoms with E-state index in [1.165, 1.54) is 12.1 Å². The standard InChI is InChI=1S/C19H21FN6/c1-26-10-7-13(8-11-26)18-24-16(12-2-4-14(20)5-3-12)17(25-18)15-6-9-22-19(21)23-15/h2-6,9,13H,7-8,10-11H2,1H3,(H,24,25)(H2,21,22,23). The molecule has 1 aliphatic rings. The van der Waals surface area contributed by atoms with Gasteiger partial charge in [-0.3, -0.25) is 0 Å². The van der Waals surface area contributed by atoms with Crippen LogP contribution in [0.2, 0.25) is 0 Å². The van der Waals surface area contributed by atoms with E-state index in [-0.39, 0.29) is 11.8 Å². The third-order valence-electron chi connectivity index (χ3n) is 4.88. The Morgan fingerprint density at radius 2 is 1.85 bits per heavy atom.